The summed E-state index contributed by atoms with van der Waals surface area (Å²) < 4.78 is 11.0. The highest BCUT2D eigenvalue weighted by Crippen LogP contribution is 2.36. The molecule has 3 heterocycles. The summed E-state index contributed by atoms with van der Waals surface area (Å²) in [5, 5.41) is 4.16. The van der Waals surface area contributed by atoms with E-state index in [4.69, 9.17) is 8.83 Å². The Morgan fingerprint density at radius 2 is 2.05 bits per heavy atom. The molecule has 1 unspecified atom stereocenters. The van der Waals surface area contributed by atoms with Gasteiger partial charge in [-0.25, -0.2) is 0 Å². The minimum atomic E-state index is -0.371. The Morgan fingerprint density at radius 3 is 2.90 bits per heavy atom. The molecule has 1 atom stereocenters. The van der Waals surface area contributed by atoms with E-state index < -0.39 is 0 Å². The molecule has 3 aromatic rings. The van der Waals surface area contributed by atoms with E-state index in [9.17, 15) is 9.59 Å². The number of imide groups is 1. The summed E-state index contributed by atoms with van der Waals surface area (Å²) in [4.78, 5) is 23.3. The number of carbonyl (C=O) groups excluding carboxylic acids is 2. The number of furan rings is 2. The minimum absolute atomic E-state index is 0.220. The van der Waals surface area contributed by atoms with E-state index in [0.29, 0.717) is 18.4 Å². The summed E-state index contributed by atoms with van der Waals surface area (Å²) in [6.07, 6.45) is 4.05. The third-order valence-corrected chi connectivity index (χ3v) is 3.80. The molecule has 0 spiro atoms. The van der Waals surface area contributed by atoms with Crippen LogP contribution in [-0.2, 0) is 9.59 Å². The SMILES string of the molecule is O=C1CCC(c2coc3ccc4ccoc4c23)C(=O)N1. The molecule has 5 nitrogen and oxygen atoms in total. The van der Waals surface area contributed by atoms with Gasteiger partial charge in [-0.15, -0.1) is 0 Å². The summed E-state index contributed by atoms with van der Waals surface area (Å²) in [6.45, 7) is 0. The summed E-state index contributed by atoms with van der Waals surface area (Å²) in [5.41, 5.74) is 2.19. The quantitative estimate of drug-likeness (QED) is 0.689. The zero-order chi connectivity index (χ0) is 13.7. The van der Waals surface area contributed by atoms with E-state index in [1.165, 1.54) is 0 Å². The number of rotatable bonds is 1. The van der Waals surface area contributed by atoms with Gasteiger partial charge in [0.15, 0.2) is 0 Å². The third kappa shape index (κ3) is 1.49. The Bertz CT molecular complexity index is 842. The summed E-state index contributed by atoms with van der Waals surface area (Å²) in [5.74, 6) is -0.862. The van der Waals surface area contributed by atoms with Crippen LogP contribution < -0.4 is 5.32 Å². The second kappa shape index (κ2) is 3.96. The molecule has 2 aromatic heterocycles. The molecule has 1 aliphatic heterocycles. The maximum Gasteiger partial charge on any atom is 0.234 e. The Morgan fingerprint density at radius 1 is 1.15 bits per heavy atom. The first kappa shape index (κ1) is 11.3. The smallest absolute Gasteiger partial charge is 0.234 e. The van der Waals surface area contributed by atoms with Crippen LogP contribution >= 0.6 is 0 Å². The van der Waals surface area contributed by atoms with Crippen LogP contribution in [0.15, 0.2) is 39.6 Å². The van der Waals surface area contributed by atoms with Gasteiger partial charge in [0.1, 0.15) is 11.2 Å². The van der Waals surface area contributed by atoms with Gasteiger partial charge in [0, 0.05) is 17.4 Å². The van der Waals surface area contributed by atoms with Crippen LogP contribution in [0.4, 0.5) is 0 Å². The normalized spacial score (nSPS) is 19.7. The number of benzene rings is 1. The number of piperidine rings is 1. The van der Waals surface area contributed by atoms with Crippen LogP contribution in [-0.4, -0.2) is 11.8 Å². The van der Waals surface area contributed by atoms with E-state index in [1.807, 2.05) is 18.2 Å². The van der Waals surface area contributed by atoms with E-state index in [-0.39, 0.29) is 17.7 Å². The van der Waals surface area contributed by atoms with E-state index in [1.54, 1.807) is 12.5 Å². The minimum Gasteiger partial charge on any atom is -0.464 e. The molecule has 100 valence electrons. The standard InChI is InChI=1S/C15H11NO4/c17-12-4-2-9(15(18)16-12)10-7-20-11-3-1-8-5-6-19-14(8)13(10)11/h1,3,5-7,9H,2,4H2,(H,16,17,18). The predicted molar refractivity (Wildman–Crippen MR) is 71.1 cm³/mol. The van der Waals surface area contributed by atoms with Gasteiger partial charge in [-0.3, -0.25) is 14.9 Å². The molecule has 0 radical (unpaired) electrons. The second-order valence-electron chi connectivity index (χ2n) is 4.97. The number of hydrogen-bond donors (Lipinski definition) is 1. The topological polar surface area (TPSA) is 72.5 Å². The van der Waals surface area contributed by atoms with Crippen molar-refractivity contribution in [3.8, 4) is 0 Å². The Kier molecular flexibility index (Phi) is 2.24. The van der Waals surface area contributed by atoms with Gasteiger partial charge < -0.3 is 8.83 Å². The van der Waals surface area contributed by atoms with Gasteiger partial charge in [0.2, 0.25) is 11.8 Å². The van der Waals surface area contributed by atoms with Crippen LogP contribution in [0.2, 0.25) is 0 Å². The summed E-state index contributed by atoms with van der Waals surface area (Å²) >= 11 is 0. The first-order chi connectivity index (χ1) is 9.74. The van der Waals surface area contributed by atoms with E-state index in [2.05, 4.69) is 5.32 Å². The number of amides is 2. The van der Waals surface area contributed by atoms with Crippen molar-refractivity contribution < 1.29 is 18.4 Å². The summed E-state index contributed by atoms with van der Waals surface area (Å²) in [6, 6.07) is 5.65. The van der Waals surface area contributed by atoms with Gasteiger partial charge in [-0.2, -0.15) is 0 Å². The van der Waals surface area contributed by atoms with Crippen LogP contribution in [0, 0.1) is 0 Å². The van der Waals surface area contributed by atoms with E-state index >= 15 is 0 Å². The summed E-state index contributed by atoms with van der Waals surface area (Å²) in [7, 11) is 0. The van der Waals surface area contributed by atoms with Crippen molar-refractivity contribution in [1.29, 1.82) is 0 Å². The zero-order valence-electron chi connectivity index (χ0n) is 10.5. The van der Waals surface area contributed by atoms with Crippen molar-refractivity contribution in [3.05, 3.63) is 36.3 Å². The Labute approximate surface area is 113 Å². The van der Waals surface area contributed by atoms with Gasteiger partial charge in [0.25, 0.3) is 0 Å². The fourth-order valence-electron chi connectivity index (χ4n) is 2.82. The fraction of sp³-hybridized carbons (Fsp3) is 0.200. The molecule has 1 aromatic carbocycles. The molecule has 2 amide bonds. The molecular formula is C15H11NO4. The maximum absolute atomic E-state index is 12.0. The molecule has 1 fully saturated rings. The van der Waals surface area contributed by atoms with Gasteiger partial charge in [-0.05, 0) is 24.6 Å². The van der Waals surface area contributed by atoms with Crippen LogP contribution in [0.5, 0.6) is 0 Å². The number of fused-ring (bicyclic) bond motifs is 3. The first-order valence-electron chi connectivity index (χ1n) is 6.45. The maximum atomic E-state index is 12.0. The predicted octanol–water partition coefficient (Wildman–Crippen LogP) is 2.70. The molecule has 1 aliphatic rings. The van der Waals surface area contributed by atoms with Crippen LogP contribution in [0.25, 0.3) is 21.9 Å². The van der Waals surface area contributed by atoms with E-state index in [0.717, 1.165) is 21.9 Å². The fourth-order valence-corrected chi connectivity index (χ4v) is 2.82. The Balaban J connectivity index is 1.93. The highest BCUT2D eigenvalue weighted by molar-refractivity contribution is 6.08. The molecule has 1 saturated heterocycles. The number of nitrogens with one attached hydrogen (secondary N) is 1. The molecular weight excluding hydrogens is 258 g/mol. The number of hydrogen-bond acceptors (Lipinski definition) is 4. The van der Waals surface area contributed by atoms with Crippen molar-refractivity contribution in [2.45, 2.75) is 18.8 Å². The second-order valence-corrected chi connectivity index (χ2v) is 4.97. The average molecular weight is 269 g/mol. The van der Waals surface area contributed by atoms with Gasteiger partial charge in [0.05, 0.1) is 23.8 Å². The lowest BCUT2D eigenvalue weighted by molar-refractivity contribution is -0.134. The third-order valence-electron chi connectivity index (χ3n) is 3.80. The zero-order valence-corrected chi connectivity index (χ0v) is 10.5. The van der Waals surface area contributed by atoms with Crippen molar-refractivity contribution in [1.82, 2.24) is 5.32 Å². The van der Waals surface area contributed by atoms with Gasteiger partial charge >= 0.3 is 0 Å². The van der Waals surface area contributed by atoms with Crippen molar-refractivity contribution in [3.63, 3.8) is 0 Å². The van der Waals surface area contributed by atoms with Crippen LogP contribution in [0.3, 0.4) is 0 Å². The van der Waals surface area contributed by atoms with Crippen molar-refractivity contribution in [2.24, 2.45) is 0 Å². The molecule has 4 rings (SSSR count). The highest BCUT2D eigenvalue weighted by atomic mass is 16.3. The lowest BCUT2D eigenvalue weighted by Gasteiger charge is -2.19. The average Bonchev–Trinajstić information content (AvgIpc) is 3.03. The lowest BCUT2D eigenvalue weighted by Crippen LogP contribution is -2.39. The first-order valence-corrected chi connectivity index (χ1v) is 6.45. The molecule has 0 saturated carbocycles. The highest BCUT2D eigenvalue weighted by Gasteiger charge is 2.31. The van der Waals surface area contributed by atoms with Crippen molar-refractivity contribution >= 4 is 33.8 Å². The van der Waals surface area contributed by atoms with Crippen molar-refractivity contribution in [2.75, 3.05) is 0 Å². The largest absolute Gasteiger partial charge is 0.464 e. The van der Waals surface area contributed by atoms with Gasteiger partial charge in [-0.1, -0.05) is 0 Å². The lowest BCUT2D eigenvalue weighted by atomic mass is 9.90. The number of carbonyl (C=O) groups is 2. The Hall–Kier alpha value is -2.56. The molecule has 20 heavy (non-hydrogen) atoms. The molecule has 1 N–H and O–H groups in total. The molecule has 5 heteroatoms. The van der Waals surface area contributed by atoms with Crippen LogP contribution in [0.1, 0.15) is 24.3 Å². The molecule has 0 bridgehead atoms. The monoisotopic (exact) mass is 269 g/mol. The molecule has 0 aliphatic carbocycles.